The van der Waals surface area contributed by atoms with Crippen LogP contribution in [0.25, 0.3) is 0 Å². The largest absolute Gasteiger partial charge is 0.388 e. The van der Waals surface area contributed by atoms with Gasteiger partial charge in [-0.25, -0.2) is 4.98 Å². The molecular formula is C16H28ClIN4O. The summed E-state index contributed by atoms with van der Waals surface area (Å²) in [5, 5.41) is 17.3. The van der Waals surface area contributed by atoms with Crippen LogP contribution in [0.5, 0.6) is 0 Å². The van der Waals surface area contributed by atoms with Gasteiger partial charge in [-0.1, -0.05) is 31.5 Å². The quantitative estimate of drug-likeness (QED) is 0.244. The van der Waals surface area contributed by atoms with Crippen molar-refractivity contribution in [3.63, 3.8) is 0 Å². The summed E-state index contributed by atoms with van der Waals surface area (Å²) in [5.74, 6) is 0.727. The molecule has 0 fully saturated rings. The van der Waals surface area contributed by atoms with Crippen LogP contribution in [-0.2, 0) is 6.42 Å². The molecule has 0 unspecified atom stereocenters. The molecule has 1 aromatic heterocycles. The number of hydrogen-bond donors (Lipinski definition) is 3. The Morgan fingerprint density at radius 2 is 1.96 bits per heavy atom. The van der Waals surface area contributed by atoms with Crippen LogP contribution in [0.15, 0.2) is 23.3 Å². The Morgan fingerprint density at radius 1 is 1.26 bits per heavy atom. The maximum absolute atomic E-state index is 10.3. The minimum Gasteiger partial charge on any atom is -0.388 e. The number of hydrogen-bond acceptors (Lipinski definition) is 3. The third-order valence-electron chi connectivity index (χ3n) is 3.69. The first kappa shape index (κ1) is 22.4. The molecule has 1 rings (SSSR count). The number of pyridine rings is 1. The van der Waals surface area contributed by atoms with Crippen LogP contribution in [0.2, 0.25) is 5.15 Å². The van der Waals surface area contributed by atoms with E-state index in [1.807, 2.05) is 26.8 Å². The van der Waals surface area contributed by atoms with Crippen LogP contribution in [0.1, 0.15) is 39.2 Å². The maximum atomic E-state index is 10.3. The van der Waals surface area contributed by atoms with Gasteiger partial charge in [-0.3, -0.25) is 4.99 Å². The molecule has 7 heteroatoms. The van der Waals surface area contributed by atoms with Gasteiger partial charge in [-0.2, -0.15) is 0 Å². The van der Waals surface area contributed by atoms with Crippen molar-refractivity contribution in [3.8, 4) is 0 Å². The van der Waals surface area contributed by atoms with E-state index in [0.29, 0.717) is 24.5 Å². The number of nitrogens with zero attached hydrogens (tertiary/aromatic N) is 2. The molecule has 0 saturated heterocycles. The normalized spacial score (nSPS) is 11.8. The van der Waals surface area contributed by atoms with E-state index in [1.54, 1.807) is 12.3 Å². The lowest BCUT2D eigenvalue weighted by Crippen LogP contribution is -2.40. The summed E-state index contributed by atoms with van der Waals surface area (Å²) in [4.78, 5) is 8.54. The van der Waals surface area contributed by atoms with Crippen molar-refractivity contribution >= 4 is 41.5 Å². The third-order valence-corrected chi connectivity index (χ3v) is 3.91. The molecule has 0 aliphatic rings. The van der Waals surface area contributed by atoms with Crippen LogP contribution < -0.4 is 10.6 Å². The van der Waals surface area contributed by atoms with Gasteiger partial charge in [0.2, 0.25) is 0 Å². The highest BCUT2D eigenvalue weighted by Gasteiger charge is 2.21. The average Bonchev–Trinajstić information content (AvgIpc) is 2.54. The predicted molar refractivity (Wildman–Crippen MR) is 108 cm³/mol. The van der Waals surface area contributed by atoms with E-state index in [2.05, 4.69) is 20.6 Å². The first-order valence-electron chi connectivity index (χ1n) is 7.88. The first-order chi connectivity index (χ1) is 10.5. The van der Waals surface area contributed by atoms with Crippen LogP contribution in [-0.4, -0.2) is 41.3 Å². The van der Waals surface area contributed by atoms with Gasteiger partial charge in [0.15, 0.2) is 5.96 Å². The van der Waals surface area contributed by atoms with Gasteiger partial charge in [0.1, 0.15) is 5.15 Å². The Morgan fingerprint density at radius 3 is 2.48 bits per heavy atom. The zero-order valence-electron chi connectivity index (χ0n) is 14.1. The van der Waals surface area contributed by atoms with Crippen LogP contribution in [0.4, 0.5) is 0 Å². The molecule has 5 nitrogen and oxygen atoms in total. The van der Waals surface area contributed by atoms with Gasteiger partial charge in [0.05, 0.1) is 12.1 Å². The summed E-state index contributed by atoms with van der Waals surface area (Å²) in [7, 11) is 0. The highest BCUT2D eigenvalue weighted by atomic mass is 127. The SMILES string of the molecule is CCNC(=NCC(O)(CC)CC)NCCc1ccc(Cl)nc1.I. The van der Waals surface area contributed by atoms with E-state index in [0.717, 1.165) is 31.0 Å². The van der Waals surface area contributed by atoms with Crippen molar-refractivity contribution in [3.05, 3.63) is 29.0 Å². The smallest absolute Gasteiger partial charge is 0.191 e. The van der Waals surface area contributed by atoms with Crippen LogP contribution >= 0.6 is 35.6 Å². The Kier molecular flexibility index (Phi) is 11.6. The van der Waals surface area contributed by atoms with Crippen LogP contribution in [0, 0.1) is 0 Å². The van der Waals surface area contributed by atoms with Gasteiger partial charge < -0.3 is 15.7 Å². The number of guanidine groups is 1. The fraction of sp³-hybridized carbons (Fsp3) is 0.625. The first-order valence-corrected chi connectivity index (χ1v) is 8.25. The van der Waals surface area contributed by atoms with Crippen molar-refractivity contribution in [1.29, 1.82) is 0 Å². The highest BCUT2D eigenvalue weighted by molar-refractivity contribution is 14.0. The van der Waals surface area contributed by atoms with Crippen LogP contribution in [0.3, 0.4) is 0 Å². The Bertz CT molecular complexity index is 464. The molecule has 0 saturated carbocycles. The number of nitrogens with one attached hydrogen (secondary N) is 2. The second-order valence-corrected chi connectivity index (χ2v) is 5.68. The molecule has 23 heavy (non-hydrogen) atoms. The molecule has 0 bridgehead atoms. The van der Waals surface area contributed by atoms with E-state index in [1.165, 1.54) is 0 Å². The van der Waals surface area contributed by atoms with E-state index in [9.17, 15) is 5.11 Å². The standard InChI is InChI=1S/C16H27ClN4O.HI/c1-4-16(22,5-2)12-21-15(18-6-3)19-10-9-13-7-8-14(17)20-11-13;/h7-8,11,22H,4-6,9-10,12H2,1-3H3,(H2,18,19,21);1H. The molecule has 0 aromatic carbocycles. The number of aromatic nitrogens is 1. The zero-order chi connectivity index (χ0) is 16.4. The monoisotopic (exact) mass is 454 g/mol. The second kappa shape index (κ2) is 11.9. The average molecular weight is 455 g/mol. The lowest BCUT2D eigenvalue weighted by atomic mass is 9.98. The molecule has 3 N–H and O–H groups in total. The minimum atomic E-state index is -0.720. The van der Waals surface area contributed by atoms with Gasteiger partial charge in [-0.15, -0.1) is 24.0 Å². The fourth-order valence-corrected chi connectivity index (χ4v) is 2.03. The molecule has 0 radical (unpaired) electrons. The lowest BCUT2D eigenvalue weighted by Gasteiger charge is -2.23. The Labute approximate surface area is 161 Å². The van der Waals surface area contributed by atoms with Crippen molar-refractivity contribution in [1.82, 2.24) is 15.6 Å². The molecule has 132 valence electrons. The third kappa shape index (κ3) is 8.72. The summed E-state index contributed by atoms with van der Waals surface area (Å²) in [6.45, 7) is 7.90. The van der Waals surface area contributed by atoms with Gasteiger partial charge >= 0.3 is 0 Å². The van der Waals surface area contributed by atoms with Gasteiger partial charge in [-0.05, 0) is 37.8 Å². The van der Waals surface area contributed by atoms with Crippen molar-refractivity contribution < 1.29 is 5.11 Å². The maximum Gasteiger partial charge on any atom is 0.191 e. The molecule has 0 aliphatic carbocycles. The van der Waals surface area contributed by atoms with Gasteiger partial charge in [0.25, 0.3) is 0 Å². The second-order valence-electron chi connectivity index (χ2n) is 5.29. The molecule has 0 aliphatic heterocycles. The molecular weight excluding hydrogens is 427 g/mol. The van der Waals surface area contributed by atoms with E-state index >= 15 is 0 Å². The summed E-state index contributed by atoms with van der Waals surface area (Å²) < 4.78 is 0. The lowest BCUT2D eigenvalue weighted by molar-refractivity contribution is 0.0418. The highest BCUT2D eigenvalue weighted by Crippen LogP contribution is 2.14. The summed E-state index contributed by atoms with van der Waals surface area (Å²) in [6, 6.07) is 3.76. The molecule has 1 heterocycles. The van der Waals surface area contributed by atoms with E-state index in [4.69, 9.17) is 11.6 Å². The Hall–Kier alpha value is -0.600. The number of aliphatic hydroxyl groups is 1. The van der Waals surface area contributed by atoms with E-state index in [-0.39, 0.29) is 24.0 Å². The molecule has 1 aromatic rings. The fourth-order valence-electron chi connectivity index (χ4n) is 1.92. The topological polar surface area (TPSA) is 69.5 Å². The summed E-state index contributed by atoms with van der Waals surface area (Å²) in [6.07, 6.45) is 4.01. The minimum absolute atomic E-state index is 0. The molecule has 0 amide bonds. The van der Waals surface area contributed by atoms with Crippen molar-refractivity contribution in [2.24, 2.45) is 4.99 Å². The van der Waals surface area contributed by atoms with Crippen molar-refractivity contribution in [2.45, 2.75) is 45.6 Å². The summed E-state index contributed by atoms with van der Waals surface area (Å²) >= 11 is 5.77. The molecule has 0 spiro atoms. The molecule has 0 atom stereocenters. The zero-order valence-corrected chi connectivity index (χ0v) is 17.2. The Balaban J connectivity index is 0.00000484. The van der Waals surface area contributed by atoms with E-state index < -0.39 is 5.60 Å². The number of halogens is 2. The predicted octanol–water partition coefficient (Wildman–Crippen LogP) is 3.00. The number of rotatable bonds is 8. The van der Waals surface area contributed by atoms with Gasteiger partial charge in [0, 0.05) is 19.3 Å². The van der Waals surface area contributed by atoms with Crippen molar-refractivity contribution in [2.75, 3.05) is 19.6 Å². The summed E-state index contributed by atoms with van der Waals surface area (Å²) in [5.41, 5.74) is 0.397. The number of aliphatic imine (C=N–C) groups is 1.